The van der Waals surface area contributed by atoms with Gasteiger partial charge in [0.25, 0.3) is 5.91 Å². The summed E-state index contributed by atoms with van der Waals surface area (Å²) in [7, 11) is 0. The van der Waals surface area contributed by atoms with Crippen LogP contribution in [-0.4, -0.2) is 35.9 Å². The van der Waals surface area contributed by atoms with Crippen molar-refractivity contribution in [3.63, 3.8) is 0 Å². The van der Waals surface area contributed by atoms with E-state index >= 15 is 0 Å². The number of aromatic carboxylic acids is 1. The van der Waals surface area contributed by atoms with E-state index < -0.39 is 23.1 Å². The molecule has 1 amide bonds. The van der Waals surface area contributed by atoms with Crippen LogP contribution in [0.25, 0.3) is 0 Å². The van der Waals surface area contributed by atoms with Gasteiger partial charge in [0.1, 0.15) is 0 Å². The molecule has 1 atom stereocenters. The molecule has 2 aromatic rings. The van der Waals surface area contributed by atoms with Crippen molar-refractivity contribution in [2.24, 2.45) is 0 Å². The number of rotatable bonds is 5. The van der Waals surface area contributed by atoms with Gasteiger partial charge in [0.2, 0.25) is 10.3 Å². The second-order valence-corrected chi connectivity index (χ2v) is 5.21. The lowest BCUT2D eigenvalue weighted by Crippen LogP contribution is -2.16. The van der Waals surface area contributed by atoms with Gasteiger partial charge in [-0.25, -0.2) is 4.79 Å². The topological polar surface area (TPSA) is 144 Å². The van der Waals surface area contributed by atoms with Crippen molar-refractivity contribution in [3.05, 3.63) is 35.4 Å². The molecular formula is C10H7N4O5S2-. The molecule has 1 aromatic heterocycles. The van der Waals surface area contributed by atoms with E-state index in [9.17, 15) is 18.4 Å². The van der Waals surface area contributed by atoms with Gasteiger partial charge >= 0.3 is 5.97 Å². The molecule has 1 heterocycles. The summed E-state index contributed by atoms with van der Waals surface area (Å²) in [4.78, 5) is 23.0. The minimum atomic E-state index is -2.54. The number of carboxylic acids is 1. The number of hydrogen-bond donors (Lipinski definition) is 3. The largest absolute Gasteiger partial charge is 0.755 e. The Bertz CT molecular complexity index is 717. The molecule has 0 aliphatic rings. The first-order valence-corrected chi connectivity index (χ1v) is 7.19. The first-order chi connectivity index (χ1) is 9.97. The predicted octanol–water partition coefficient (Wildman–Crippen LogP) is 0.695. The second kappa shape index (κ2) is 6.39. The third-order valence-corrected chi connectivity index (χ3v) is 3.46. The monoisotopic (exact) mass is 327 g/mol. The summed E-state index contributed by atoms with van der Waals surface area (Å²) in [6.45, 7) is 0. The number of carboxylic acid groups (broad SMARTS) is 1. The number of nitrogens with zero attached hydrogens (tertiary/aromatic N) is 2. The van der Waals surface area contributed by atoms with Gasteiger partial charge in [0.05, 0.1) is 11.1 Å². The second-order valence-electron chi connectivity index (χ2n) is 3.55. The van der Waals surface area contributed by atoms with Gasteiger partial charge in [-0.1, -0.05) is 23.5 Å². The third-order valence-electron chi connectivity index (χ3n) is 2.22. The Kier molecular flexibility index (Phi) is 4.57. The van der Waals surface area contributed by atoms with Crippen LogP contribution in [0.2, 0.25) is 0 Å². The molecule has 0 bridgehead atoms. The van der Waals surface area contributed by atoms with Gasteiger partial charge in [-0.15, -0.1) is 10.2 Å². The lowest BCUT2D eigenvalue weighted by molar-refractivity contribution is 0.0692. The first kappa shape index (κ1) is 15.0. The third kappa shape index (κ3) is 3.81. The Balaban J connectivity index is 2.17. The highest BCUT2D eigenvalue weighted by molar-refractivity contribution is 7.80. The number of hydrogen-bond acceptors (Lipinski definition) is 7. The summed E-state index contributed by atoms with van der Waals surface area (Å²) < 4.78 is 22.8. The molecule has 0 radical (unpaired) electrons. The molecule has 2 rings (SSSR count). The Hall–Kier alpha value is -2.37. The van der Waals surface area contributed by atoms with Gasteiger partial charge < -0.3 is 9.66 Å². The average molecular weight is 327 g/mol. The quantitative estimate of drug-likeness (QED) is 0.685. The number of amides is 1. The minimum absolute atomic E-state index is 0.0230. The van der Waals surface area contributed by atoms with Crippen LogP contribution in [0.5, 0.6) is 0 Å². The fourth-order valence-electron chi connectivity index (χ4n) is 1.42. The number of benzene rings is 1. The number of carbonyl (C=O) groups is 2. The molecule has 0 saturated carbocycles. The molecule has 110 valence electrons. The zero-order valence-electron chi connectivity index (χ0n) is 10.1. The molecule has 3 N–H and O–H groups in total. The van der Waals surface area contributed by atoms with Crippen molar-refractivity contribution in [1.82, 2.24) is 10.2 Å². The lowest BCUT2D eigenvalue weighted by Gasteiger charge is -2.04. The Morgan fingerprint density at radius 2 is 1.81 bits per heavy atom. The Morgan fingerprint density at radius 1 is 1.19 bits per heavy atom. The number of anilines is 2. The molecule has 21 heavy (non-hydrogen) atoms. The zero-order chi connectivity index (χ0) is 15.4. The summed E-state index contributed by atoms with van der Waals surface area (Å²) in [5.74, 6) is -1.92. The maximum atomic E-state index is 12.0. The molecule has 9 nitrogen and oxygen atoms in total. The van der Waals surface area contributed by atoms with Crippen LogP contribution in [0.3, 0.4) is 0 Å². The average Bonchev–Trinajstić information content (AvgIpc) is 2.85. The van der Waals surface area contributed by atoms with Crippen LogP contribution < -0.4 is 10.0 Å². The molecule has 0 aliphatic heterocycles. The van der Waals surface area contributed by atoms with E-state index in [1.54, 1.807) is 0 Å². The van der Waals surface area contributed by atoms with Crippen LogP contribution in [0.4, 0.5) is 10.3 Å². The van der Waals surface area contributed by atoms with Crippen molar-refractivity contribution in [1.29, 1.82) is 0 Å². The van der Waals surface area contributed by atoms with E-state index in [1.165, 1.54) is 24.3 Å². The molecular weight excluding hydrogens is 320 g/mol. The van der Waals surface area contributed by atoms with Gasteiger partial charge in [-0.2, -0.15) is 0 Å². The summed E-state index contributed by atoms with van der Waals surface area (Å²) in [5, 5.41) is 18.4. The van der Waals surface area contributed by atoms with Crippen LogP contribution in [0.15, 0.2) is 24.3 Å². The van der Waals surface area contributed by atoms with E-state index in [-0.39, 0.29) is 21.4 Å². The van der Waals surface area contributed by atoms with Gasteiger partial charge in [0, 0.05) is 11.3 Å². The maximum absolute atomic E-state index is 12.0. The standard InChI is InChI=1S/C10H8N4O5S2/c15-7(5-3-1-2-4-6(5)8(16)17)11-9-12-13-10(20-9)14-21(18)19/h1-4H,(H,13,14)(H,16,17)(H,18,19)(H,11,12,15)/p-1. The summed E-state index contributed by atoms with van der Waals surface area (Å²) in [6.07, 6.45) is 0. The van der Waals surface area contributed by atoms with Crippen LogP contribution in [0, 0.1) is 0 Å². The van der Waals surface area contributed by atoms with Crippen molar-refractivity contribution in [2.45, 2.75) is 0 Å². The highest BCUT2D eigenvalue weighted by Crippen LogP contribution is 2.21. The molecule has 0 aliphatic carbocycles. The summed E-state index contributed by atoms with van der Waals surface area (Å²) in [6, 6.07) is 5.67. The molecule has 0 fully saturated rings. The molecule has 1 unspecified atom stereocenters. The smallest absolute Gasteiger partial charge is 0.336 e. The predicted molar refractivity (Wildman–Crippen MR) is 73.8 cm³/mol. The molecule has 0 saturated heterocycles. The SMILES string of the molecule is O=C(O)c1ccccc1C(=O)Nc1nnc(NS(=O)[O-])s1. The lowest BCUT2D eigenvalue weighted by atomic mass is 10.1. The van der Waals surface area contributed by atoms with E-state index in [2.05, 4.69) is 15.5 Å². The highest BCUT2D eigenvalue weighted by atomic mass is 32.2. The van der Waals surface area contributed by atoms with Crippen LogP contribution in [-0.2, 0) is 11.3 Å². The van der Waals surface area contributed by atoms with E-state index in [1.807, 2.05) is 4.72 Å². The molecule has 1 aromatic carbocycles. The number of nitrogens with one attached hydrogen (secondary N) is 2. The maximum Gasteiger partial charge on any atom is 0.336 e. The van der Waals surface area contributed by atoms with Gasteiger partial charge in [-0.05, 0) is 12.1 Å². The van der Waals surface area contributed by atoms with Crippen LogP contribution in [0.1, 0.15) is 20.7 Å². The van der Waals surface area contributed by atoms with E-state index in [0.29, 0.717) is 0 Å². The van der Waals surface area contributed by atoms with E-state index in [4.69, 9.17) is 5.11 Å². The van der Waals surface area contributed by atoms with Gasteiger partial charge in [-0.3, -0.25) is 19.0 Å². The summed E-state index contributed by atoms with van der Waals surface area (Å²) >= 11 is -1.75. The van der Waals surface area contributed by atoms with Crippen molar-refractivity contribution >= 4 is 44.7 Å². The zero-order valence-corrected chi connectivity index (χ0v) is 11.7. The number of aromatic nitrogens is 2. The van der Waals surface area contributed by atoms with Crippen molar-refractivity contribution in [3.8, 4) is 0 Å². The van der Waals surface area contributed by atoms with Crippen molar-refractivity contribution < 1.29 is 23.5 Å². The highest BCUT2D eigenvalue weighted by Gasteiger charge is 2.17. The van der Waals surface area contributed by atoms with Crippen LogP contribution >= 0.6 is 11.3 Å². The number of carbonyl (C=O) groups excluding carboxylic acids is 1. The van der Waals surface area contributed by atoms with E-state index in [0.717, 1.165) is 11.3 Å². The Morgan fingerprint density at radius 3 is 2.43 bits per heavy atom. The fourth-order valence-corrected chi connectivity index (χ4v) is 2.46. The fraction of sp³-hybridized carbons (Fsp3) is 0. The van der Waals surface area contributed by atoms with Crippen molar-refractivity contribution in [2.75, 3.05) is 10.0 Å². The van der Waals surface area contributed by atoms with Gasteiger partial charge in [0.15, 0.2) is 0 Å². The molecule has 0 spiro atoms. The first-order valence-electron chi connectivity index (χ1n) is 5.30. The summed E-state index contributed by atoms with van der Waals surface area (Å²) in [5.41, 5.74) is -0.194. The molecule has 11 heteroatoms. The normalized spacial score (nSPS) is 11.7. The minimum Gasteiger partial charge on any atom is -0.755 e. The Labute approximate surface area is 124 Å².